The van der Waals surface area contributed by atoms with Crippen molar-refractivity contribution < 1.29 is 0 Å². The Bertz CT molecular complexity index is 159. The number of nitrogens with two attached hydrogens (primary N) is 1. The first-order valence-corrected chi connectivity index (χ1v) is 7.63. The molecule has 0 aromatic rings. The van der Waals surface area contributed by atoms with E-state index in [1.54, 1.807) is 0 Å². The van der Waals surface area contributed by atoms with Crippen molar-refractivity contribution in [2.75, 3.05) is 13.1 Å². The van der Waals surface area contributed by atoms with Crippen LogP contribution in [-0.4, -0.2) is 18.6 Å². The molecule has 0 aliphatic carbocycles. The van der Waals surface area contributed by atoms with Gasteiger partial charge in [-0.2, -0.15) is 0 Å². The van der Waals surface area contributed by atoms with Crippen molar-refractivity contribution in [2.45, 2.75) is 84.1 Å². The monoisotopic (exact) mass is 242 g/mol. The zero-order chi connectivity index (χ0) is 13.0. The third kappa shape index (κ3) is 9.61. The lowest BCUT2D eigenvalue weighted by molar-refractivity contribution is 0.306. The highest BCUT2D eigenvalue weighted by Crippen LogP contribution is 2.19. The van der Waals surface area contributed by atoms with E-state index in [-0.39, 0.29) is 0 Å². The van der Waals surface area contributed by atoms with Crippen molar-refractivity contribution in [1.82, 2.24) is 5.32 Å². The SMILES string of the molecule is CCCCCCCC(C)(CC)NCCCCN. The van der Waals surface area contributed by atoms with Crippen molar-refractivity contribution >= 4 is 0 Å². The van der Waals surface area contributed by atoms with Crippen LogP contribution < -0.4 is 11.1 Å². The highest BCUT2D eigenvalue weighted by molar-refractivity contribution is 4.81. The number of nitrogens with one attached hydrogen (secondary N) is 1. The summed E-state index contributed by atoms with van der Waals surface area (Å²) in [6.45, 7) is 8.88. The maximum absolute atomic E-state index is 5.51. The van der Waals surface area contributed by atoms with E-state index < -0.39 is 0 Å². The van der Waals surface area contributed by atoms with Crippen molar-refractivity contribution in [3.05, 3.63) is 0 Å². The van der Waals surface area contributed by atoms with Gasteiger partial charge in [-0.3, -0.25) is 0 Å². The standard InChI is InChI=1S/C15H34N2/c1-4-6-7-8-9-12-15(3,5-2)17-14-11-10-13-16/h17H,4-14,16H2,1-3H3. The zero-order valence-electron chi connectivity index (χ0n) is 12.4. The van der Waals surface area contributed by atoms with Gasteiger partial charge in [0.1, 0.15) is 0 Å². The van der Waals surface area contributed by atoms with Crippen LogP contribution in [0.25, 0.3) is 0 Å². The van der Waals surface area contributed by atoms with Crippen molar-refractivity contribution in [1.29, 1.82) is 0 Å². The largest absolute Gasteiger partial charge is 0.330 e. The van der Waals surface area contributed by atoms with Gasteiger partial charge in [0.15, 0.2) is 0 Å². The van der Waals surface area contributed by atoms with Crippen LogP contribution in [0.3, 0.4) is 0 Å². The van der Waals surface area contributed by atoms with E-state index in [0.717, 1.165) is 19.5 Å². The molecule has 0 bridgehead atoms. The molecular weight excluding hydrogens is 208 g/mol. The summed E-state index contributed by atoms with van der Waals surface area (Å²) in [5.41, 5.74) is 5.86. The van der Waals surface area contributed by atoms with E-state index in [4.69, 9.17) is 5.73 Å². The molecule has 2 nitrogen and oxygen atoms in total. The van der Waals surface area contributed by atoms with Gasteiger partial charge in [0.25, 0.3) is 0 Å². The minimum absolute atomic E-state index is 0.348. The summed E-state index contributed by atoms with van der Waals surface area (Å²) in [6.07, 6.45) is 11.8. The van der Waals surface area contributed by atoms with Gasteiger partial charge >= 0.3 is 0 Å². The van der Waals surface area contributed by atoms with Crippen LogP contribution >= 0.6 is 0 Å². The van der Waals surface area contributed by atoms with E-state index in [9.17, 15) is 0 Å². The van der Waals surface area contributed by atoms with Gasteiger partial charge in [-0.1, -0.05) is 46.0 Å². The second-order valence-corrected chi connectivity index (χ2v) is 5.50. The highest BCUT2D eigenvalue weighted by atomic mass is 15.0. The molecule has 0 spiro atoms. The van der Waals surface area contributed by atoms with Crippen LogP contribution in [-0.2, 0) is 0 Å². The van der Waals surface area contributed by atoms with E-state index in [1.165, 1.54) is 51.4 Å². The molecule has 0 heterocycles. The third-order valence-electron chi connectivity index (χ3n) is 3.80. The molecule has 0 amide bonds. The van der Waals surface area contributed by atoms with Gasteiger partial charge < -0.3 is 11.1 Å². The van der Waals surface area contributed by atoms with Crippen molar-refractivity contribution in [3.63, 3.8) is 0 Å². The Hall–Kier alpha value is -0.0800. The van der Waals surface area contributed by atoms with Crippen molar-refractivity contribution in [3.8, 4) is 0 Å². The average Bonchev–Trinajstić information content (AvgIpc) is 2.34. The van der Waals surface area contributed by atoms with Crippen LogP contribution in [0, 0.1) is 0 Å². The fourth-order valence-corrected chi connectivity index (χ4v) is 2.17. The Morgan fingerprint density at radius 3 is 2.24 bits per heavy atom. The van der Waals surface area contributed by atoms with E-state index in [1.807, 2.05) is 0 Å². The molecule has 0 rings (SSSR count). The molecule has 0 fully saturated rings. The first-order chi connectivity index (χ1) is 8.18. The molecule has 0 saturated carbocycles. The Morgan fingerprint density at radius 1 is 0.941 bits per heavy atom. The fraction of sp³-hybridized carbons (Fsp3) is 1.00. The summed E-state index contributed by atoms with van der Waals surface area (Å²) in [5.74, 6) is 0. The molecular formula is C15H34N2. The number of unbranched alkanes of at least 4 members (excludes halogenated alkanes) is 5. The van der Waals surface area contributed by atoms with Gasteiger partial charge in [-0.25, -0.2) is 0 Å². The van der Waals surface area contributed by atoms with Gasteiger partial charge in [0.2, 0.25) is 0 Å². The predicted octanol–water partition coefficient (Wildman–Crippen LogP) is 3.84. The van der Waals surface area contributed by atoms with E-state index in [0.29, 0.717) is 5.54 Å². The maximum Gasteiger partial charge on any atom is 0.0150 e. The topological polar surface area (TPSA) is 38.0 Å². The molecule has 17 heavy (non-hydrogen) atoms. The van der Waals surface area contributed by atoms with Crippen LogP contribution in [0.15, 0.2) is 0 Å². The summed E-state index contributed by atoms with van der Waals surface area (Å²) in [4.78, 5) is 0. The van der Waals surface area contributed by atoms with Gasteiger partial charge in [-0.15, -0.1) is 0 Å². The molecule has 1 atom stereocenters. The molecule has 0 aromatic heterocycles. The molecule has 3 N–H and O–H groups in total. The smallest absolute Gasteiger partial charge is 0.0150 e. The first kappa shape index (κ1) is 16.9. The Kier molecular flexibility index (Phi) is 11.0. The maximum atomic E-state index is 5.51. The number of rotatable bonds is 12. The highest BCUT2D eigenvalue weighted by Gasteiger charge is 2.19. The second-order valence-electron chi connectivity index (χ2n) is 5.50. The quantitative estimate of drug-likeness (QED) is 0.510. The Balaban J connectivity index is 3.61. The van der Waals surface area contributed by atoms with Crippen LogP contribution in [0.1, 0.15) is 78.6 Å². The molecule has 0 aliphatic rings. The summed E-state index contributed by atoms with van der Waals surface area (Å²) in [5, 5.41) is 3.72. The molecule has 0 saturated heterocycles. The molecule has 1 unspecified atom stereocenters. The van der Waals surface area contributed by atoms with Crippen LogP contribution in [0.2, 0.25) is 0 Å². The Labute approximate surface area is 109 Å². The minimum Gasteiger partial charge on any atom is -0.330 e. The predicted molar refractivity (Wildman–Crippen MR) is 78.4 cm³/mol. The molecule has 0 aliphatic heterocycles. The lowest BCUT2D eigenvalue weighted by Gasteiger charge is -2.30. The molecule has 0 radical (unpaired) electrons. The number of hydrogen-bond donors (Lipinski definition) is 2. The lowest BCUT2D eigenvalue weighted by Crippen LogP contribution is -2.42. The molecule has 2 heteroatoms. The fourth-order valence-electron chi connectivity index (χ4n) is 2.17. The molecule has 0 aromatic carbocycles. The van der Waals surface area contributed by atoms with E-state index >= 15 is 0 Å². The third-order valence-corrected chi connectivity index (χ3v) is 3.80. The van der Waals surface area contributed by atoms with Crippen molar-refractivity contribution in [2.24, 2.45) is 5.73 Å². The van der Waals surface area contributed by atoms with Crippen LogP contribution in [0.4, 0.5) is 0 Å². The number of hydrogen-bond acceptors (Lipinski definition) is 2. The average molecular weight is 242 g/mol. The summed E-state index contributed by atoms with van der Waals surface area (Å²) in [7, 11) is 0. The minimum atomic E-state index is 0.348. The summed E-state index contributed by atoms with van der Waals surface area (Å²) < 4.78 is 0. The van der Waals surface area contributed by atoms with Crippen LogP contribution in [0.5, 0.6) is 0 Å². The zero-order valence-corrected chi connectivity index (χ0v) is 12.4. The first-order valence-electron chi connectivity index (χ1n) is 7.63. The van der Waals surface area contributed by atoms with Gasteiger partial charge in [0.05, 0.1) is 0 Å². The molecule has 104 valence electrons. The lowest BCUT2D eigenvalue weighted by atomic mass is 9.91. The van der Waals surface area contributed by atoms with Gasteiger partial charge in [0, 0.05) is 5.54 Å². The van der Waals surface area contributed by atoms with E-state index in [2.05, 4.69) is 26.1 Å². The second kappa shape index (κ2) is 11.0. The normalized spacial score (nSPS) is 14.8. The summed E-state index contributed by atoms with van der Waals surface area (Å²) in [6, 6.07) is 0. The summed E-state index contributed by atoms with van der Waals surface area (Å²) >= 11 is 0. The Morgan fingerprint density at radius 2 is 1.65 bits per heavy atom. The van der Waals surface area contributed by atoms with Gasteiger partial charge in [-0.05, 0) is 45.7 Å².